The number of para-hydroxylation sites is 1. The average molecular weight is 430 g/mol. The largest absolute Gasteiger partial charge is 0.361 e. The Balaban J connectivity index is 1.23. The summed E-state index contributed by atoms with van der Waals surface area (Å²) in [4.78, 5) is 32.0. The molecular weight excluding hydrogens is 402 g/mol. The Morgan fingerprint density at radius 3 is 2.78 bits per heavy atom. The zero-order valence-electron chi connectivity index (χ0n) is 18.2. The number of hydrogen-bond donors (Lipinski definition) is 2. The number of rotatable bonds is 5. The van der Waals surface area contributed by atoms with Gasteiger partial charge in [0, 0.05) is 43.8 Å². The number of aromatic nitrogens is 5. The lowest BCUT2D eigenvalue weighted by molar-refractivity contribution is 0.0939. The minimum absolute atomic E-state index is 0.138. The van der Waals surface area contributed by atoms with Gasteiger partial charge in [-0.3, -0.25) is 4.79 Å². The van der Waals surface area contributed by atoms with Gasteiger partial charge >= 0.3 is 0 Å². The van der Waals surface area contributed by atoms with Gasteiger partial charge in [0.2, 0.25) is 5.82 Å². The molecule has 8 nitrogen and oxygen atoms in total. The highest BCUT2D eigenvalue weighted by Crippen LogP contribution is 2.35. The molecule has 0 atom stereocenters. The van der Waals surface area contributed by atoms with Gasteiger partial charge in [0.05, 0.1) is 0 Å². The van der Waals surface area contributed by atoms with E-state index in [1.165, 1.54) is 29.3 Å². The summed E-state index contributed by atoms with van der Waals surface area (Å²) in [6.07, 6.45) is 8.25. The van der Waals surface area contributed by atoms with Crippen molar-refractivity contribution >= 4 is 33.8 Å². The van der Waals surface area contributed by atoms with E-state index >= 15 is 0 Å². The molecule has 1 aliphatic carbocycles. The Bertz CT molecular complexity index is 1290. The van der Waals surface area contributed by atoms with E-state index < -0.39 is 0 Å². The number of hydrogen-bond acceptors (Lipinski definition) is 5. The van der Waals surface area contributed by atoms with Crippen molar-refractivity contribution in [3.8, 4) is 0 Å². The second-order valence-electron chi connectivity index (χ2n) is 9.07. The lowest BCUT2D eigenvalue weighted by Gasteiger charge is -2.32. The van der Waals surface area contributed by atoms with Crippen LogP contribution in [0, 0.1) is 5.92 Å². The van der Waals surface area contributed by atoms with Crippen LogP contribution in [0.4, 0.5) is 5.82 Å². The minimum Gasteiger partial charge on any atom is -0.361 e. The van der Waals surface area contributed by atoms with Gasteiger partial charge in [0.15, 0.2) is 17.0 Å². The zero-order valence-corrected chi connectivity index (χ0v) is 18.2. The molecule has 4 heterocycles. The third kappa shape index (κ3) is 3.30. The molecule has 3 aromatic heterocycles. The van der Waals surface area contributed by atoms with Crippen LogP contribution in [-0.2, 0) is 7.05 Å². The number of nitrogens with one attached hydrogen (secondary N) is 2. The Morgan fingerprint density at radius 2 is 1.97 bits per heavy atom. The lowest BCUT2D eigenvalue weighted by atomic mass is 9.89. The molecule has 1 aromatic carbocycles. The quantitative estimate of drug-likeness (QED) is 0.508. The number of carbonyl (C=O) groups excluding carboxylic acids is 1. The molecule has 0 radical (unpaired) electrons. The fraction of sp³-hybridized carbons (Fsp3) is 0.417. The van der Waals surface area contributed by atoms with Crippen molar-refractivity contribution in [3.05, 3.63) is 48.2 Å². The van der Waals surface area contributed by atoms with Gasteiger partial charge in [0.25, 0.3) is 5.91 Å². The number of fused-ring (bicyclic) bond motifs is 2. The maximum Gasteiger partial charge on any atom is 0.287 e. The van der Waals surface area contributed by atoms with Crippen LogP contribution < -0.4 is 10.2 Å². The van der Waals surface area contributed by atoms with Gasteiger partial charge < -0.3 is 19.8 Å². The smallest absolute Gasteiger partial charge is 0.287 e. The predicted molar refractivity (Wildman–Crippen MR) is 124 cm³/mol. The molecule has 2 N–H and O–H groups in total. The second kappa shape index (κ2) is 7.62. The zero-order chi connectivity index (χ0) is 21.7. The van der Waals surface area contributed by atoms with Gasteiger partial charge in [-0.2, -0.15) is 0 Å². The maximum atomic E-state index is 12.7. The van der Waals surface area contributed by atoms with Crippen molar-refractivity contribution in [2.24, 2.45) is 13.0 Å². The predicted octanol–water partition coefficient (Wildman–Crippen LogP) is 3.37. The van der Waals surface area contributed by atoms with Crippen LogP contribution in [0.1, 0.15) is 47.8 Å². The van der Waals surface area contributed by atoms with Crippen molar-refractivity contribution in [2.45, 2.75) is 31.6 Å². The molecule has 1 amide bonds. The third-order valence-electron chi connectivity index (χ3n) is 6.94. The number of carbonyl (C=O) groups is 1. The maximum absolute atomic E-state index is 12.7. The first-order chi connectivity index (χ1) is 15.7. The molecule has 2 aliphatic rings. The van der Waals surface area contributed by atoms with Crippen molar-refractivity contribution in [3.63, 3.8) is 0 Å². The monoisotopic (exact) mass is 429 g/mol. The summed E-state index contributed by atoms with van der Waals surface area (Å²) >= 11 is 0. The van der Waals surface area contributed by atoms with Crippen molar-refractivity contribution < 1.29 is 4.79 Å². The summed E-state index contributed by atoms with van der Waals surface area (Å²) in [6, 6.07) is 8.50. The van der Waals surface area contributed by atoms with Gasteiger partial charge in [-0.25, -0.2) is 15.0 Å². The number of amides is 1. The number of piperidine rings is 1. The Labute approximate surface area is 186 Å². The number of aromatic amines is 1. The van der Waals surface area contributed by atoms with Gasteiger partial charge in [-0.1, -0.05) is 18.2 Å². The Morgan fingerprint density at radius 1 is 1.16 bits per heavy atom. The topological polar surface area (TPSA) is 91.7 Å². The highest BCUT2D eigenvalue weighted by atomic mass is 16.2. The number of nitrogens with zero attached hydrogens (tertiary/aromatic N) is 5. The molecule has 4 aromatic rings. The fourth-order valence-corrected chi connectivity index (χ4v) is 4.89. The minimum atomic E-state index is -0.138. The van der Waals surface area contributed by atoms with Crippen molar-refractivity contribution in [1.82, 2.24) is 29.8 Å². The van der Waals surface area contributed by atoms with Crippen LogP contribution in [0.25, 0.3) is 22.1 Å². The number of aryl methyl sites for hydroxylation is 1. The normalized spacial score (nSPS) is 17.3. The number of benzene rings is 1. The molecule has 32 heavy (non-hydrogen) atoms. The fourth-order valence-electron chi connectivity index (χ4n) is 4.89. The first-order valence-corrected chi connectivity index (χ1v) is 11.5. The number of H-pyrrole nitrogens is 1. The molecule has 1 aliphatic heterocycles. The van der Waals surface area contributed by atoms with E-state index in [0.717, 1.165) is 38.3 Å². The van der Waals surface area contributed by atoms with E-state index in [2.05, 4.69) is 60.6 Å². The first kappa shape index (κ1) is 19.3. The second-order valence-corrected chi connectivity index (χ2v) is 9.07. The molecule has 164 valence electrons. The molecule has 2 fully saturated rings. The molecule has 6 rings (SSSR count). The standard InChI is InChI=1S/C24H27N7O/c1-30-21-20(29-23(30)24(32)26-12-15-6-7-15)22(28-14-27-21)31-10-8-16(9-11-31)18-13-25-19-5-3-2-4-17(18)19/h2-5,13-16,25H,6-12H2,1H3,(H,26,32). The summed E-state index contributed by atoms with van der Waals surface area (Å²) in [5.74, 6) is 2.23. The summed E-state index contributed by atoms with van der Waals surface area (Å²) in [5.41, 5.74) is 4.01. The summed E-state index contributed by atoms with van der Waals surface area (Å²) in [6.45, 7) is 2.52. The van der Waals surface area contributed by atoms with Crippen LogP contribution in [0.3, 0.4) is 0 Å². The van der Waals surface area contributed by atoms with E-state index in [-0.39, 0.29) is 5.91 Å². The molecule has 1 saturated heterocycles. The molecule has 0 spiro atoms. The van der Waals surface area contributed by atoms with Gasteiger partial charge in [0.1, 0.15) is 6.33 Å². The SMILES string of the molecule is Cn1c(C(=O)NCC2CC2)nc2c(N3CCC(c4c[nH]c5ccccc45)CC3)ncnc21. The Hall–Kier alpha value is -3.42. The van der Waals surface area contributed by atoms with Crippen molar-refractivity contribution in [2.75, 3.05) is 24.5 Å². The van der Waals surface area contributed by atoms with Crippen LogP contribution in [0.2, 0.25) is 0 Å². The lowest BCUT2D eigenvalue weighted by Crippen LogP contribution is -2.33. The first-order valence-electron chi connectivity index (χ1n) is 11.5. The van der Waals surface area contributed by atoms with E-state index in [9.17, 15) is 4.79 Å². The summed E-state index contributed by atoms with van der Waals surface area (Å²) in [5, 5.41) is 4.33. The van der Waals surface area contributed by atoms with Gasteiger partial charge in [-0.05, 0) is 49.1 Å². The highest BCUT2D eigenvalue weighted by molar-refractivity contribution is 5.96. The molecule has 1 saturated carbocycles. The third-order valence-corrected chi connectivity index (χ3v) is 6.94. The van der Waals surface area contributed by atoms with Gasteiger partial charge in [-0.15, -0.1) is 0 Å². The molecular formula is C24H27N7O. The summed E-state index contributed by atoms with van der Waals surface area (Å²) in [7, 11) is 1.85. The Kier molecular flexibility index (Phi) is 4.59. The molecule has 0 unspecified atom stereocenters. The molecule has 0 bridgehead atoms. The van der Waals surface area contributed by atoms with Crippen molar-refractivity contribution in [1.29, 1.82) is 0 Å². The average Bonchev–Trinajstić information content (AvgIpc) is 3.47. The van der Waals surface area contributed by atoms with Crippen LogP contribution in [-0.4, -0.2) is 50.0 Å². The number of anilines is 1. The van der Waals surface area contributed by atoms with E-state index in [1.807, 2.05) is 7.05 Å². The van der Waals surface area contributed by atoms with E-state index in [0.29, 0.717) is 28.8 Å². The van der Waals surface area contributed by atoms with E-state index in [1.54, 1.807) is 10.9 Å². The number of imidazole rings is 1. The highest BCUT2D eigenvalue weighted by Gasteiger charge is 2.28. The summed E-state index contributed by atoms with van der Waals surface area (Å²) < 4.78 is 1.78. The van der Waals surface area contributed by atoms with Crippen LogP contribution >= 0.6 is 0 Å². The van der Waals surface area contributed by atoms with Crippen LogP contribution in [0.15, 0.2) is 36.8 Å². The molecule has 8 heteroatoms. The van der Waals surface area contributed by atoms with E-state index in [4.69, 9.17) is 0 Å². The van der Waals surface area contributed by atoms with Crippen LogP contribution in [0.5, 0.6) is 0 Å².